The summed E-state index contributed by atoms with van der Waals surface area (Å²) in [7, 11) is 1.57. The van der Waals surface area contributed by atoms with E-state index in [9.17, 15) is 8.78 Å². The summed E-state index contributed by atoms with van der Waals surface area (Å²) in [6.45, 7) is 1.79. The van der Waals surface area contributed by atoms with Crippen LogP contribution in [-0.2, 0) is 5.66 Å². The Kier molecular flexibility index (Phi) is 4.44. The van der Waals surface area contributed by atoms with Crippen molar-refractivity contribution >= 4 is 36.6 Å². The molecule has 1 aromatic carbocycles. The van der Waals surface area contributed by atoms with Gasteiger partial charge in [0.05, 0.1) is 16.3 Å². The molecule has 0 aliphatic carbocycles. The number of hydrogen-bond acceptors (Lipinski definition) is 5. The predicted molar refractivity (Wildman–Crippen MR) is 94.2 cm³/mol. The number of thiophene rings is 1. The van der Waals surface area contributed by atoms with Crippen molar-refractivity contribution in [3.05, 3.63) is 52.7 Å². The molecule has 122 valence electrons. The highest BCUT2D eigenvalue weighted by atomic mass is 32.1. The predicted octanol–water partition coefficient (Wildman–Crippen LogP) is 4.66. The largest absolute Gasteiger partial charge is 0.362 e. The standard InChI is InChI=1S/C16H13F2N4PS/c1-9(11-4-2-3-5-12(11)16(17,18)23)22-15-14-13(20-8-21-15)6-10(7-19)24-14/h2-6,8-9H,23H2,1H3,(H,20,21,22). The summed E-state index contributed by atoms with van der Waals surface area (Å²) >= 11 is 1.27. The summed E-state index contributed by atoms with van der Waals surface area (Å²) in [6, 6.07) is 9.76. The maximum absolute atomic E-state index is 13.8. The van der Waals surface area contributed by atoms with E-state index in [-0.39, 0.29) is 5.56 Å². The average Bonchev–Trinajstić information content (AvgIpc) is 2.98. The molecule has 2 unspecified atom stereocenters. The first kappa shape index (κ1) is 16.7. The lowest BCUT2D eigenvalue weighted by Gasteiger charge is -2.21. The molecule has 0 aliphatic heterocycles. The smallest absolute Gasteiger partial charge is 0.284 e. The van der Waals surface area contributed by atoms with Gasteiger partial charge in [0, 0.05) is 5.56 Å². The van der Waals surface area contributed by atoms with Crippen molar-refractivity contribution in [2.24, 2.45) is 0 Å². The highest BCUT2D eigenvalue weighted by Gasteiger charge is 2.29. The van der Waals surface area contributed by atoms with Crippen LogP contribution in [0.1, 0.15) is 29.0 Å². The third kappa shape index (κ3) is 3.21. The fourth-order valence-electron chi connectivity index (χ4n) is 2.47. The lowest BCUT2D eigenvalue weighted by atomic mass is 10.0. The van der Waals surface area contributed by atoms with E-state index in [0.717, 1.165) is 4.70 Å². The molecule has 0 fully saturated rings. The van der Waals surface area contributed by atoms with Gasteiger partial charge in [-0.15, -0.1) is 11.3 Å². The molecular formula is C16H13F2N4PS. The highest BCUT2D eigenvalue weighted by Crippen LogP contribution is 2.39. The Hall–Kier alpha value is -2.16. The van der Waals surface area contributed by atoms with Gasteiger partial charge >= 0.3 is 0 Å². The van der Waals surface area contributed by atoms with Crippen LogP contribution in [0.5, 0.6) is 0 Å². The van der Waals surface area contributed by atoms with Crippen LogP contribution >= 0.6 is 20.6 Å². The Morgan fingerprint density at radius 2 is 2.08 bits per heavy atom. The van der Waals surface area contributed by atoms with Crippen LogP contribution in [0.3, 0.4) is 0 Å². The average molecular weight is 362 g/mol. The van der Waals surface area contributed by atoms with Gasteiger partial charge in [0.1, 0.15) is 23.1 Å². The van der Waals surface area contributed by atoms with Gasteiger partial charge in [-0.25, -0.2) is 9.97 Å². The van der Waals surface area contributed by atoms with Crippen molar-refractivity contribution in [2.45, 2.75) is 18.6 Å². The van der Waals surface area contributed by atoms with E-state index in [0.29, 0.717) is 21.8 Å². The Bertz CT molecular complexity index is 930. The van der Waals surface area contributed by atoms with Crippen molar-refractivity contribution in [1.82, 2.24) is 9.97 Å². The van der Waals surface area contributed by atoms with E-state index in [1.54, 1.807) is 40.4 Å². The summed E-state index contributed by atoms with van der Waals surface area (Å²) in [4.78, 5) is 8.86. The second-order valence-corrected chi connectivity index (χ2v) is 7.01. The number of benzene rings is 1. The van der Waals surface area contributed by atoms with Gasteiger partial charge < -0.3 is 5.32 Å². The normalized spacial score (nSPS) is 12.8. The maximum Gasteiger partial charge on any atom is 0.284 e. The first-order valence-corrected chi connectivity index (χ1v) is 8.47. The zero-order valence-corrected chi connectivity index (χ0v) is 14.6. The Morgan fingerprint density at radius 3 is 2.79 bits per heavy atom. The van der Waals surface area contributed by atoms with E-state index in [1.165, 1.54) is 23.7 Å². The van der Waals surface area contributed by atoms with Crippen LogP contribution in [0.25, 0.3) is 10.2 Å². The molecule has 0 bridgehead atoms. The van der Waals surface area contributed by atoms with Crippen molar-refractivity contribution in [1.29, 1.82) is 5.26 Å². The van der Waals surface area contributed by atoms with Crippen LogP contribution in [0.4, 0.5) is 14.6 Å². The number of nitrogens with one attached hydrogen (secondary N) is 1. The number of hydrogen-bond donors (Lipinski definition) is 1. The molecule has 4 nitrogen and oxygen atoms in total. The fraction of sp³-hybridized carbons (Fsp3) is 0.188. The molecule has 24 heavy (non-hydrogen) atoms. The van der Waals surface area contributed by atoms with E-state index < -0.39 is 11.7 Å². The Balaban J connectivity index is 1.98. The second kappa shape index (κ2) is 6.39. The third-order valence-corrected chi connectivity index (χ3v) is 4.91. The summed E-state index contributed by atoms with van der Waals surface area (Å²) < 4.78 is 28.3. The van der Waals surface area contributed by atoms with Gasteiger partial charge in [-0.1, -0.05) is 33.5 Å². The van der Waals surface area contributed by atoms with Crippen molar-refractivity contribution < 1.29 is 8.78 Å². The van der Waals surface area contributed by atoms with Gasteiger partial charge in [0.15, 0.2) is 0 Å². The number of halogens is 2. The molecule has 0 radical (unpaired) electrons. The number of nitriles is 1. The van der Waals surface area contributed by atoms with Crippen molar-refractivity contribution in [2.75, 3.05) is 5.32 Å². The summed E-state index contributed by atoms with van der Waals surface area (Å²) in [5.74, 6) is 0.529. The zero-order chi connectivity index (χ0) is 17.3. The molecule has 3 aromatic rings. The maximum atomic E-state index is 13.8. The van der Waals surface area contributed by atoms with Crippen LogP contribution in [0.15, 0.2) is 36.7 Å². The lowest BCUT2D eigenvalue weighted by Crippen LogP contribution is -2.14. The lowest BCUT2D eigenvalue weighted by molar-refractivity contribution is 0.102. The number of aromatic nitrogens is 2. The topological polar surface area (TPSA) is 61.6 Å². The van der Waals surface area contributed by atoms with Crippen molar-refractivity contribution in [3.8, 4) is 6.07 Å². The summed E-state index contributed by atoms with van der Waals surface area (Å²) in [5, 5.41) is 12.2. The first-order chi connectivity index (χ1) is 11.4. The Morgan fingerprint density at radius 1 is 1.33 bits per heavy atom. The number of rotatable bonds is 4. The number of nitrogens with zero attached hydrogens (tertiary/aromatic N) is 3. The molecule has 1 N–H and O–H groups in total. The third-order valence-electron chi connectivity index (χ3n) is 3.56. The fourth-order valence-corrected chi connectivity index (χ4v) is 3.60. The second-order valence-electron chi connectivity index (χ2n) is 5.24. The van der Waals surface area contributed by atoms with Gasteiger partial charge in [-0.3, -0.25) is 0 Å². The molecule has 0 saturated carbocycles. The minimum absolute atomic E-state index is 0.0517. The molecule has 3 rings (SSSR count). The minimum atomic E-state index is -3.01. The summed E-state index contributed by atoms with van der Waals surface area (Å²) in [5.41, 5.74) is -1.92. The SMILES string of the molecule is CC(Nc1ncnc2cc(C#N)sc12)c1ccccc1C(F)(F)P. The van der Waals surface area contributed by atoms with E-state index in [2.05, 4.69) is 21.4 Å². The molecule has 2 aromatic heterocycles. The van der Waals surface area contributed by atoms with Gasteiger partial charge in [0.25, 0.3) is 5.66 Å². The van der Waals surface area contributed by atoms with Crippen LogP contribution in [0.2, 0.25) is 0 Å². The Labute approximate surface area is 143 Å². The molecule has 2 atom stereocenters. The van der Waals surface area contributed by atoms with Gasteiger partial charge in [-0.05, 0) is 18.6 Å². The van der Waals surface area contributed by atoms with Gasteiger partial charge in [-0.2, -0.15) is 14.0 Å². The monoisotopic (exact) mass is 362 g/mol. The van der Waals surface area contributed by atoms with E-state index >= 15 is 0 Å². The highest BCUT2D eigenvalue weighted by molar-refractivity contribution is 7.20. The zero-order valence-electron chi connectivity index (χ0n) is 12.6. The molecular weight excluding hydrogens is 349 g/mol. The van der Waals surface area contributed by atoms with Crippen molar-refractivity contribution in [3.63, 3.8) is 0 Å². The summed E-state index contributed by atoms with van der Waals surface area (Å²) in [6.07, 6.45) is 1.39. The van der Waals surface area contributed by atoms with Crippen LogP contribution in [0, 0.1) is 11.3 Å². The molecule has 2 heterocycles. The van der Waals surface area contributed by atoms with Crippen LogP contribution < -0.4 is 5.32 Å². The van der Waals surface area contributed by atoms with E-state index in [1.807, 2.05) is 0 Å². The molecule has 0 saturated heterocycles. The molecule has 0 aliphatic rings. The first-order valence-electron chi connectivity index (χ1n) is 7.07. The number of alkyl halides is 2. The van der Waals surface area contributed by atoms with Gasteiger partial charge in [0.2, 0.25) is 0 Å². The minimum Gasteiger partial charge on any atom is -0.362 e. The number of anilines is 1. The molecule has 8 heteroatoms. The number of fused-ring (bicyclic) bond motifs is 1. The quantitative estimate of drug-likeness (QED) is 0.686. The van der Waals surface area contributed by atoms with E-state index in [4.69, 9.17) is 5.26 Å². The molecule has 0 spiro atoms. The molecule has 0 amide bonds. The van der Waals surface area contributed by atoms with Crippen LogP contribution in [-0.4, -0.2) is 9.97 Å².